The Labute approximate surface area is 86.4 Å². The number of nitrogen functional groups attached to an aromatic ring is 1. The molecule has 0 atom stereocenters. The van der Waals surface area contributed by atoms with E-state index in [-0.39, 0.29) is 0 Å². The average molecular weight is 205 g/mol. The number of fused-ring (bicyclic) bond motifs is 1. The standard InChI is InChI=1S/C10H11N3O2/c1-13-9-4-6(11)3-7(10(14)15-2)8(9)5-12-13/h3-5H,11H2,1-2H3. The van der Waals surface area contributed by atoms with Crippen LogP contribution in [0.25, 0.3) is 10.9 Å². The number of ether oxygens (including phenoxy) is 1. The van der Waals surface area contributed by atoms with Gasteiger partial charge in [0.2, 0.25) is 0 Å². The van der Waals surface area contributed by atoms with Crippen molar-refractivity contribution in [3.05, 3.63) is 23.9 Å². The quantitative estimate of drug-likeness (QED) is 0.555. The summed E-state index contributed by atoms with van der Waals surface area (Å²) in [5.41, 5.74) is 7.48. The third kappa shape index (κ3) is 1.41. The first kappa shape index (κ1) is 9.51. The van der Waals surface area contributed by atoms with Gasteiger partial charge in [0.25, 0.3) is 0 Å². The van der Waals surface area contributed by atoms with Crippen molar-refractivity contribution in [1.82, 2.24) is 9.78 Å². The van der Waals surface area contributed by atoms with Crippen LogP contribution in [0, 0.1) is 0 Å². The van der Waals surface area contributed by atoms with E-state index in [0.717, 1.165) is 10.9 Å². The van der Waals surface area contributed by atoms with Crippen molar-refractivity contribution in [2.75, 3.05) is 12.8 Å². The molecule has 0 radical (unpaired) electrons. The van der Waals surface area contributed by atoms with E-state index in [1.54, 1.807) is 30.1 Å². The van der Waals surface area contributed by atoms with Crippen LogP contribution in [0.1, 0.15) is 10.4 Å². The molecule has 2 N–H and O–H groups in total. The minimum Gasteiger partial charge on any atom is -0.465 e. The fraction of sp³-hybridized carbons (Fsp3) is 0.200. The van der Waals surface area contributed by atoms with Crippen molar-refractivity contribution in [1.29, 1.82) is 0 Å². The van der Waals surface area contributed by atoms with Crippen LogP contribution in [-0.4, -0.2) is 22.9 Å². The van der Waals surface area contributed by atoms with Gasteiger partial charge in [0.15, 0.2) is 0 Å². The van der Waals surface area contributed by atoms with E-state index in [9.17, 15) is 4.79 Å². The van der Waals surface area contributed by atoms with Gasteiger partial charge in [0.1, 0.15) is 0 Å². The third-order valence-electron chi connectivity index (χ3n) is 2.29. The van der Waals surface area contributed by atoms with Gasteiger partial charge in [-0.3, -0.25) is 4.68 Å². The predicted molar refractivity (Wildman–Crippen MR) is 56.5 cm³/mol. The minimum absolute atomic E-state index is 0.402. The first-order chi connectivity index (χ1) is 7.13. The van der Waals surface area contributed by atoms with E-state index in [0.29, 0.717) is 11.3 Å². The van der Waals surface area contributed by atoms with Gasteiger partial charge in [-0.05, 0) is 12.1 Å². The Morgan fingerprint density at radius 1 is 1.53 bits per heavy atom. The maximum atomic E-state index is 11.5. The Balaban J connectivity index is 2.78. The van der Waals surface area contributed by atoms with Crippen molar-refractivity contribution in [3.8, 4) is 0 Å². The highest BCUT2D eigenvalue weighted by Crippen LogP contribution is 2.22. The monoisotopic (exact) mass is 205 g/mol. The number of benzene rings is 1. The molecule has 15 heavy (non-hydrogen) atoms. The minimum atomic E-state index is -0.402. The van der Waals surface area contributed by atoms with Gasteiger partial charge < -0.3 is 10.5 Å². The fourth-order valence-corrected chi connectivity index (χ4v) is 1.55. The summed E-state index contributed by atoms with van der Waals surface area (Å²) in [6.45, 7) is 0. The molecule has 0 saturated carbocycles. The van der Waals surface area contributed by atoms with E-state index in [2.05, 4.69) is 9.84 Å². The zero-order valence-electron chi connectivity index (χ0n) is 8.52. The predicted octanol–water partition coefficient (Wildman–Crippen LogP) is 0.942. The lowest BCUT2D eigenvalue weighted by Gasteiger charge is -2.03. The molecule has 2 aromatic rings. The second kappa shape index (κ2) is 3.27. The van der Waals surface area contributed by atoms with Gasteiger partial charge in [-0.1, -0.05) is 0 Å². The Hall–Kier alpha value is -2.04. The number of nitrogens with zero attached hydrogens (tertiary/aromatic N) is 2. The second-order valence-electron chi connectivity index (χ2n) is 3.26. The fourth-order valence-electron chi connectivity index (χ4n) is 1.55. The van der Waals surface area contributed by atoms with Crippen LogP contribution in [0.2, 0.25) is 0 Å². The van der Waals surface area contributed by atoms with Gasteiger partial charge in [-0.15, -0.1) is 0 Å². The largest absolute Gasteiger partial charge is 0.465 e. The van der Waals surface area contributed by atoms with Crippen LogP contribution in [0.4, 0.5) is 5.69 Å². The molecule has 0 fully saturated rings. The van der Waals surface area contributed by atoms with Crippen molar-refractivity contribution in [2.45, 2.75) is 0 Å². The second-order valence-corrected chi connectivity index (χ2v) is 3.26. The van der Waals surface area contributed by atoms with Gasteiger partial charge in [-0.25, -0.2) is 4.79 Å². The lowest BCUT2D eigenvalue weighted by atomic mass is 10.1. The van der Waals surface area contributed by atoms with E-state index < -0.39 is 5.97 Å². The van der Waals surface area contributed by atoms with E-state index in [4.69, 9.17) is 5.73 Å². The molecule has 0 unspecified atom stereocenters. The first-order valence-corrected chi connectivity index (χ1v) is 4.43. The summed E-state index contributed by atoms with van der Waals surface area (Å²) in [5, 5.41) is 4.82. The molecule has 0 bridgehead atoms. The molecule has 2 rings (SSSR count). The Morgan fingerprint density at radius 2 is 2.27 bits per heavy atom. The number of anilines is 1. The average Bonchev–Trinajstić information content (AvgIpc) is 2.58. The third-order valence-corrected chi connectivity index (χ3v) is 2.29. The topological polar surface area (TPSA) is 70.1 Å². The van der Waals surface area contributed by atoms with Gasteiger partial charge >= 0.3 is 5.97 Å². The molecule has 0 spiro atoms. The molecule has 0 aliphatic rings. The van der Waals surface area contributed by atoms with Crippen LogP contribution in [-0.2, 0) is 11.8 Å². The summed E-state index contributed by atoms with van der Waals surface area (Å²) in [7, 11) is 3.14. The van der Waals surface area contributed by atoms with E-state index in [1.165, 1.54) is 7.11 Å². The number of hydrogen-bond acceptors (Lipinski definition) is 4. The first-order valence-electron chi connectivity index (χ1n) is 4.43. The van der Waals surface area contributed by atoms with Crippen molar-refractivity contribution in [2.24, 2.45) is 7.05 Å². The summed E-state index contributed by atoms with van der Waals surface area (Å²) >= 11 is 0. The summed E-state index contributed by atoms with van der Waals surface area (Å²) in [4.78, 5) is 11.5. The number of esters is 1. The van der Waals surface area contributed by atoms with Crippen LogP contribution >= 0.6 is 0 Å². The smallest absolute Gasteiger partial charge is 0.338 e. The number of rotatable bonds is 1. The molecular weight excluding hydrogens is 194 g/mol. The zero-order valence-corrected chi connectivity index (χ0v) is 8.52. The molecule has 78 valence electrons. The highest BCUT2D eigenvalue weighted by atomic mass is 16.5. The molecule has 1 aromatic heterocycles. The van der Waals surface area contributed by atoms with Crippen LogP contribution in [0.5, 0.6) is 0 Å². The maximum Gasteiger partial charge on any atom is 0.338 e. The molecule has 1 heterocycles. The lowest BCUT2D eigenvalue weighted by Crippen LogP contribution is -2.03. The molecule has 1 aromatic carbocycles. The number of carbonyl (C=O) groups excluding carboxylic acids is 1. The normalized spacial score (nSPS) is 10.5. The number of hydrogen-bond donors (Lipinski definition) is 1. The number of nitrogens with two attached hydrogens (primary N) is 1. The lowest BCUT2D eigenvalue weighted by molar-refractivity contribution is 0.0603. The highest BCUT2D eigenvalue weighted by molar-refractivity contribution is 6.04. The summed E-state index contributed by atoms with van der Waals surface area (Å²) in [5.74, 6) is -0.402. The van der Waals surface area contributed by atoms with Crippen molar-refractivity contribution >= 4 is 22.6 Å². The molecule has 0 aliphatic heterocycles. The molecule has 0 saturated heterocycles. The Morgan fingerprint density at radius 3 is 2.93 bits per heavy atom. The van der Waals surface area contributed by atoms with E-state index in [1.807, 2.05) is 0 Å². The van der Waals surface area contributed by atoms with Gasteiger partial charge in [-0.2, -0.15) is 5.10 Å². The molecule has 0 amide bonds. The van der Waals surface area contributed by atoms with Crippen molar-refractivity contribution in [3.63, 3.8) is 0 Å². The summed E-state index contributed by atoms with van der Waals surface area (Å²) in [6.07, 6.45) is 1.63. The number of aromatic nitrogens is 2. The number of aryl methyl sites for hydroxylation is 1. The number of methoxy groups -OCH3 is 1. The Bertz CT molecular complexity index is 531. The van der Waals surface area contributed by atoms with Crippen LogP contribution in [0.3, 0.4) is 0 Å². The summed E-state index contributed by atoms with van der Waals surface area (Å²) < 4.78 is 6.34. The van der Waals surface area contributed by atoms with E-state index >= 15 is 0 Å². The molecule has 5 heteroatoms. The van der Waals surface area contributed by atoms with Crippen molar-refractivity contribution < 1.29 is 9.53 Å². The molecule has 0 aliphatic carbocycles. The summed E-state index contributed by atoms with van der Waals surface area (Å²) in [6, 6.07) is 3.37. The highest BCUT2D eigenvalue weighted by Gasteiger charge is 2.13. The van der Waals surface area contributed by atoms with Crippen LogP contribution < -0.4 is 5.73 Å². The van der Waals surface area contributed by atoms with Gasteiger partial charge in [0, 0.05) is 18.1 Å². The molecular formula is C10H11N3O2. The molecule has 5 nitrogen and oxygen atoms in total. The van der Waals surface area contributed by atoms with Gasteiger partial charge in [0.05, 0.1) is 24.4 Å². The number of carbonyl (C=O) groups is 1. The SMILES string of the molecule is COC(=O)c1cc(N)cc2c1cnn2C. The Kier molecular flexibility index (Phi) is 2.07. The maximum absolute atomic E-state index is 11.5. The zero-order chi connectivity index (χ0) is 11.0. The van der Waals surface area contributed by atoms with Crippen LogP contribution in [0.15, 0.2) is 18.3 Å².